The van der Waals surface area contributed by atoms with Crippen molar-refractivity contribution >= 4 is 5.97 Å². The van der Waals surface area contributed by atoms with Gasteiger partial charge in [0.15, 0.2) is 0 Å². The third-order valence-corrected chi connectivity index (χ3v) is 1.01. The molecule has 0 heterocycles. The zero-order chi connectivity index (χ0) is 8.15. The smallest absolute Gasteiger partial charge is 0.306 e. The number of carboxylic acids is 1. The van der Waals surface area contributed by atoms with Gasteiger partial charge in [-0.25, -0.2) is 0 Å². The Labute approximate surface area is 57.5 Å². The van der Waals surface area contributed by atoms with Crippen molar-refractivity contribution in [1.29, 1.82) is 0 Å². The van der Waals surface area contributed by atoms with Gasteiger partial charge in [-0.05, 0) is 0 Å². The van der Waals surface area contributed by atoms with Crippen molar-refractivity contribution in [2.45, 2.75) is 18.6 Å². The van der Waals surface area contributed by atoms with Gasteiger partial charge in [0, 0.05) is 0 Å². The predicted molar refractivity (Wildman–Crippen MR) is 31.4 cm³/mol. The molecule has 0 aliphatic carbocycles. The highest BCUT2D eigenvalue weighted by atomic mass is 16.4. The van der Waals surface area contributed by atoms with Crippen LogP contribution in [0.4, 0.5) is 0 Å². The van der Waals surface area contributed by atoms with Gasteiger partial charge >= 0.3 is 5.97 Å². The Balaban J connectivity index is 3.61. The summed E-state index contributed by atoms with van der Waals surface area (Å²) in [6.45, 7) is -0.631. The summed E-state index contributed by atoms with van der Waals surface area (Å²) in [5.41, 5.74) is 0. The lowest BCUT2D eigenvalue weighted by atomic mass is 10.1. The molecular formula is C5H10O5. The maximum atomic E-state index is 9.88. The number of carbonyl (C=O) groups is 1. The molecule has 4 N–H and O–H groups in total. The highest BCUT2D eigenvalue weighted by Crippen LogP contribution is 1.97. The summed E-state index contributed by atoms with van der Waals surface area (Å²) in [5.74, 6) is -1.21. The maximum absolute atomic E-state index is 9.88. The highest BCUT2D eigenvalue weighted by molar-refractivity contribution is 5.67. The van der Waals surface area contributed by atoms with Crippen LogP contribution in [0.3, 0.4) is 0 Å². The Hall–Kier alpha value is -0.650. The molecule has 60 valence electrons. The van der Waals surface area contributed by atoms with Crippen LogP contribution in [0.25, 0.3) is 0 Å². The van der Waals surface area contributed by atoms with E-state index in [-0.39, 0.29) is 0 Å². The lowest BCUT2D eigenvalue weighted by Gasteiger charge is -2.12. The lowest BCUT2D eigenvalue weighted by molar-refractivity contribution is -0.141. The first-order valence-corrected chi connectivity index (χ1v) is 2.76. The topological polar surface area (TPSA) is 98.0 Å². The molecule has 0 saturated heterocycles. The summed E-state index contributed by atoms with van der Waals surface area (Å²) in [5, 5.41) is 33.6. The fraction of sp³-hybridized carbons (Fsp3) is 0.800. The number of aliphatic carboxylic acids is 1. The largest absolute Gasteiger partial charge is 0.481 e. The van der Waals surface area contributed by atoms with Crippen LogP contribution in [-0.2, 0) is 4.79 Å². The minimum absolute atomic E-state index is 0.554. The first-order chi connectivity index (χ1) is 4.57. The zero-order valence-electron chi connectivity index (χ0n) is 5.27. The second-order valence-electron chi connectivity index (χ2n) is 1.92. The number of hydrogen-bond donors (Lipinski definition) is 4. The molecular weight excluding hydrogens is 140 g/mol. The summed E-state index contributed by atoms with van der Waals surface area (Å²) >= 11 is 0. The van der Waals surface area contributed by atoms with E-state index in [1.807, 2.05) is 0 Å². The van der Waals surface area contributed by atoms with Gasteiger partial charge in [0.1, 0.15) is 6.10 Å². The molecule has 0 spiro atoms. The van der Waals surface area contributed by atoms with Gasteiger partial charge in [-0.3, -0.25) is 4.79 Å². The standard InChI is InChI=1S/C5H10O5/c6-2-4(8)3(7)1-5(9)10/h3-4,6-8H,1-2H2,(H,9,10)/t3-,4?/m1/s1. The van der Waals surface area contributed by atoms with Crippen LogP contribution in [0.2, 0.25) is 0 Å². The quantitative estimate of drug-likeness (QED) is 0.378. The predicted octanol–water partition coefficient (Wildman–Crippen LogP) is -1.82. The molecule has 5 heteroatoms. The number of carboxylic acid groups (broad SMARTS) is 1. The van der Waals surface area contributed by atoms with Crippen LogP contribution in [0.5, 0.6) is 0 Å². The van der Waals surface area contributed by atoms with E-state index in [4.69, 9.17) is 20.4 Å². The van der Waals surface area contributed by atoms with Crippen LogP contribution in [0, 0.1) is 0 Å². The fourth-order valence-corrected chi connectivity index (χ4v) is 0.437. The molecule has 0 aliphatic rings. The van der Waals surface area contributed by atoms with Crippen LogP contribution < -0.4 is 0 Å². The minimum atomic E-state index is -1.39. The molecule has 2 atom stereocenters. The summed E-state index contributed by atoms with van der Waals surface area (Å²) in [4.78, 5) is 9.88. The van der Waals surface area contributed by atoms with E-state index in [0.29, 0.717) is 0 Å². The maximum Gasteiger partial charge on any atom is 0.306 e. The average Bonchev–Trinajstić information content (AvgIpc) is 1.85. The third-order valence-electron chi connectivity index (χ3n) is 1.01. The van der Waals surface area contributed by atoms with Crippen molar-refractivity contribution in [3.05, 3.63) is 0 Å². The molecule has 5 nitrogen and oxygen atoms in total. The highest BCUT2D eigenvalue weighted by Gasteiger charge is 2.17. The van der Waals surface area contributed by atoms with Crippen molar-refractivity contribution in [3.63, 3.8) is 0 Å². The van der Waals surface area contributed by atoms with Crippen LogP contribution in [-0.4, -0.2) is 45.2 Å². The number of hydrogen-bond acceptors (Lipinski definition) is 4. The molecule has 0 aromatic rings. The van der Waals surface area contributed by atoms with Crippen molar-refractivity contribution < 1.29 is 25.2 Å². The summed E-state index contributed by atoms with van der Waals surface area (Å²) in [7, 11) is 0. The van der Waals surface area contributed by atoms with Gasteiger partial charge in [0.2, 0.25) is 0 Å². The zero-order valence-corrected chi connectivity index (χ0v) is 5.27. The molecule has 0 fully saturated rings. The van der Waals surface area contributed by atoms with Crippen LogP contribution >= 0.6 is 0 Å². The van der Waals surface area contributed by atoms with E-state index in [9.17, 15) is 4.79 Å². The molecule has 0 aromatic carbocycles. The molecule has 0 radical (unpaired) electrons. The first kappa shape index (κ1) is 9.35. The first-order valence-electron chi connectivity index (χ1n) is 2.76. The Morgan fingerprint density at radius 1 is 1.30 bits per heavy atom. The number of aliphatic hydroxyl groups excluding tert-OH is 3. The van der Waals surface area contributed by atoms with E-state index in [0.717, 1.165) is 0 Å². The van der Waals surface area contributed by atoms with Gasteiger partial charge in [0.25, 0.3) is 0 Å². The molecule has 0 bridgehead atoms. The Morgan fingerprint density at radius 3 is 2.10 bits per heavy atom. The fourth-order valence-electron chi connectivity index (χ4n) is 0.437. The van der Waals surface area contributed by atoms with Crippen molar-refractivity contribution in [2.24, 2.45) is 0 Å². The van der Waals surface area contributed by atoms with E-state index in [1.54, 1.807) is 0 Å². The molecule has 0 aliphatic heterocycles. The Kier molecular flexibility index (Phi) is 3.94. The van der Waals surface area contributed by atoms with E-state index >= 15 is 0 Å². The van der Waals surface area contributed by atoms with Crippen LogP contribution in [0.15, 0.2) is 0 Å². The van der Waals surface area contributed by atoms with Gasteiger partial charge in [-0.1, -0.05) is 0 Å². The third kappa shape index (κ3) is 3.39. The molecule has 0 amide bonds. The monoisotopic (exact) mass is 150 g/mol. The van der Waals surface area contributed by atoms with Crippen molar-refractivity contribution in [1.82, 2.24) is 0 Å². The van der Waals surface area contributed by atoms with E-state index in [2.05, 4.69) is 0 Å². The van der Waals surface area contributed by atoms with Gasteiger partial charge < -0.3 is 20.4 Å². The van der Waals surface area contributed by atoms with Crippen molar-refractivity contribution in [3.8, 4) is 0 Å². The number of aliphatic hydroxyl groups is 3. The molecule has 0 aromatic heterocycles. The molecule has 10 heavy (non-hydrogen) atoms. The summed E-state index contributed by atoms with van der Waals surface area (Å²) < 4.78 is 0. The van der Waals surface area contributed by atoms with Gasteiger partial charge in [-0.2, -0.15) is 0 Å². The minimum Gasteiger partial charge on any atom is -0.481 e. The van der Waals surface area contributed by atoms with Gasteiger partial charge in [-0.15, -0.1) is 0 Å². The lowest BCUT2D eigenvalue weighted by Crippen LogP contribution is -2.31. The Morgan fingerprint density at radius 2 is 1.80 bits per heavy atom. The number of rotatable bonds is 4. The molecule has 0 rings (SSSR count). The van der Waals surface area contributed by atoms with E-state index in [1.165, 1.54) is 0 Å². The SMILES string of the molecule is O=C(O)C[C@@H](O)C(O)CO. The van der Waals surface area contributed by atoms with Crippen molar-refractivity contribution in [2.75, 3.05) is 6.61 Å². The average molecular weight is 150 g/mol. The second kappa shape index (κ2) is 4.21. The normalized spacial score (nSPS) is 16.3. The van der Waals surface area contributed by atoms with E-state index < -0.39 is 31.2 Å². The molecule has 1 unspecified atom stereocenters. The summed E-state index contributed by atoms with van der Waals surface area (Å²) in [6.07, 6.45) is -3.31. The summed E-state index contributed by atoms with van der Waals surface area (Å²) in [6, 6.07) is 0. The van der Waals surface area contributed by atoms with Gasteiger partial charge in [0.05, 0.1) is 19.1 Å². The van der Waals surface area contributed by atoms with Crippen LogP contribution in [0.1, 0.15) is 6.42 Å². The second-order valence-corrected chi connectivity index (χ2v) is 1.92. The molecule has 0 saturated carbocycles. The Bertz CT molecular complexity index is 113.